The predicted molar refractivity (Wildman–Crippen MR) is 77.1 cm³/mol. The number of hydrogen-bond donors (Lipinski definition) is 1. The third kappa shape index (κ3) is 3.07. The SMILES string of the molecule is NC1CCN(C(=O)c2cccc(-n3nccc3C(F)(F)F)c2)C1. The van der Waals surface area contributed by atoms with Gasteiger partial charge in [0.1, 0.15) is 5.69 Å². The smallest absolute Gasteiger partial charge is 0.337 e. The molecule has 1 atom stereocenters. The number of hydrogen-bond acceptors (Lipinski definition) is 3. The molecule has 2 heterocycles. The standard InChI is InChI=1S/C15H15F3N4O/c16-15(17,18)13-4-6-20-22(13)12-3-1-2-10(8-12)14(23)21-7-5-11(19)9-21/h1-4,6,8,11H,5,7,9,19H2. The van der Waals surface area contributed by atoms with Crippen molar-refractivity contribution in [3.8, 4) is 5.69 Å². The first-order valence-corrected chi connectivity index (χ1v) is 7.13. The third-order valence-electron chi connectivity index (χ3n) is 3.78. The van der Waals surface area contributed by atoms with Crippen molar-refractivity contribution in [3.63, 3.8) is 0 Å². The number of likely N-dealkylation sites (tertiary alicyclic amines) is 1. The van der Waals surface area contributed by atoms with E-state index in [1.54, 1.807) is 17.0 Å². The minimum absolute atomic E-state index is 0.0509. The van der Waals surface area contributed by atoms with E-state index in [9.17, 15) is 18.0 Å². The van der Waals surface area contributed by atoms with Gasteiger partial charge in [0, 0.05) is 24.7 Å². The molecular formula is C15H15F3N4O. The second-order valence-electron chi connectivity index (χ2n) is 5.48. The fourth-order valence-corrected chi connectivity index (χ4v) is 2.65. The summed E-state index contributed by atoms with van der Waals surface area (Å²) in [6, 6.07) is 6.86. The minimum atomic E-state index is -4.52. The predicted octanol–water partition coefficient (Wildman–Crippen LogP) is 2.06. The Bertz CT molecular complexity index is 726. The lowest BCUT2D eigenvalue weighted by molar-refractivity contribution is -0.142. The maximum atomic E-state index is 13.0. The highest BCUT2D eigenvalue weighted by Gasteiger charge is 2.35. The third-order valence-corrected chi connectivity index (χ3v) is 3.78. The number of alkyl halides is 3. The Morgan fingerprint density at radius 2 is 2.09 bits per heavy atom. The van der Waals surface area contributed by atoms with E-state index < -0.39 is 11.9 Å². The van der Waals surface area contributed by atoms with Crippen molar-refractivity contribution in [3.05, 3.63) is 47.8 Å². The summed E-state index contributed by atoms with van der Waals surface area (Å²) in [7, 11) is 0. The van der Waals surface area contributed by atoms with Crippen LogP contribution in [0, 0.1) is 0 Å². The summed E-state index contributed by atoms with van der Waals surface area (Å²) in [4.78, 5) is 14.0. The van der Waals surface area contributed by atoms with Crippen molar-refractivity contribution >= 4 is 5.91 Å². The summed E-state index contributed by atoms with van der Waals surface area (Å²) in [5.41, 5.74) is 5.41. The van der Waals surface area contributed by atoms with E-state index in [1.165, 1.54) is 12.1 Å². The van der Waals surface area contributed by atoms with Crippen molar-refractivity contribution in [2.75, 3.05) is 13.1 Å². The van der Waals surface area contributed by atoms with Crippen LogP contribution in [0.5, 0.6) is 0 Å². The molecule has 5 nitrogen and oxygen atoms in total. The van der Waals surface area contributed by atoms with Crippen LogP contribution in [-0.4, -0.2) is 39.7 Å². The Hall–Kier alpha value is -2.35. The van der Waals surface area contributed by atoms with Gasteiger partial charge >= 0.3 is 6.18 Å². The number of carbonyl (C=O) groups excluding carboxylic acids is 1. The zero-order valence-corrected chi connectivity index (χ0v) is 12.1. The molecule has 1 saturated heterocycles. The molecule has 1 aliphatic rings. The molecule has 3 rings (SSSR count). The van der Waals surface area contributed by atoms with E-state index in [4.69, 9.17) is 5.73 Å². The second-order valence-corrected chi connectivity index (χ2v) is 5.48. The number of carbonyl (C=O) groups is 1. The number of nitrogens with zero attached hydrogens (tertiary/aromatic N) is 3. The van der Waals surface area contributed by atoms with E-state index in [-0.39, 0.29) is 17.6 Å². The van der Waals surface area contributed by atoms with Gasteiger partial charge < -0.3 is 10.6 Å². The van der Waals surface area contributed by atoms with Crippen molar-refractivity contribution in [2.45, 2.75) is 18.6 Å². The molecule has 1 aromatic heterocycles. The van der Waals surface area contributed by atoms with Gasteiger partial charge in [-0.1, -0.05) is 6.07 Å². The molecule has 0 spiro atoms. The quantitative estimate of drug-likeness (QED) is 0.920. The van der Waals surface area contributed by atoms with Gasteiger partial charge in [-0.05, 0) is 30.7 Å². The topological polar surface area (TPSA) is 64.2 Å². The number of aromatic nitrogens is 2. The lowest BCUT2D eigenvalue weighted by atomic mass is 10.1. The Balaban J connectivity index is 1.92. The average molecular weight is 324 g/mol. The van der Waals surface area contributed by atoms with E-state index in [2.05, 4.69) is 5.10 Å². The Morgan fingerprint density at radius 1 is 1.30 bits per heavy atom. The molecule has 1 aliphatic heterocycles. The molecule has 122 valence electrons. The van der Waals surface area contributed by atoms with E-state index in [1.807, 2.05) is 0 Å². The first-order chi connectivity index (χ1) is 10.9. The van der Waals surface area contributed by atoms with Crippen LogP contribution in [0.25, 0.3) is 5.69 Å². The Morgan fingerprint density at radius 3 is 2.74 bits per heavy atom. The first-order valence-electron chi connectivity index (χ1n) is 7.13. The molecule has 0 radical (unpaired) electrons. The molecule has 1 unspecified atom stereocenters. The Kier molecular flexibility index (Phi) is 3.85. The van der Waals surface area contributed by atoms with Gasteiger partial charge in [-0.25, -0.2) is 4.68 Å². The molecule has 0 aliphatic carbocycles. The molecule has 8 heteroatoms. The monoisotopic (exact) mass is 324 g/mol. The first kappa shape index (κ1) is 15.5. The fourth-order valence-electron chi connectivity index (χ4n) is 2.65. The average Bonchev–Trinajstić information content (AvgIpc) is 3.15. The summed E-state index contributed by atoms with van der Waals surface area (Å²) in [5, 5.41) is 3.71. The van der Waals surface area contributed by atoms with Gasteiger partial charge in [-0.15, -0.1) is 0 Å². The van der Waals surface area contributed by atoms with E-state index in [0.717, 1.165) is 23.4 Å². The number of benzene rings is 1. The molecule has 1 amide bonds. The van der Waals surface area contributed by atoms with Gasteiger partial charge in [0.25, 0.3) is 5.91 Å². The molecule has 0 bridgehead atoms. The highest BCUT2D eigenvalue weighted by molar-refractivity contribution is 5.95. The highest BCUT2D eigenvalue weighted by atomic mass is 19.4. The van der Waals surface area contributed by atoms with Crippen molar-refractivity contribution in [2.24, 2.45) is 5.73 Å². The fraction of sp³-hybridized carbons (Fsp3) is 0.333. The summed E-state index contributed by atoms with van der Waals surface area (Å²) in [6.45, 7) is 1.01. The molecule has 1 aromatic carbocycles. The molecule has 1 fully saturated rings. The number of nitrogens with two attached hydrogens (primary N) is 1. The van der Waals surface area contributed by atoms with Gasteiger partial charge in [-0.3, -0.25) is 4.79 Å². The van der Waals surface area contributed by atoms with E-state index >= 15 is 0 Å². The zero-order chi connectivity index (χ0) is 16.6. The van der Waals surface area contributed by atoms with Gasteiger partial charge in [0.15, 0.2) is 0 Å². The summed E-state index contributed by atoms with van der Waals surface area (Å²) in [6.07, 6.45) is -2.71. The number of halogens is 3. The maximum Gasteiger partial charge on any atom is 0.433 e. The van der Waals surface area contributed by atoms with Crippen LogP contribution in [0.3, 0.4) is 0 Å². The normalized spacial score (nSPS) is 18.4. The molecule has 2 N–H and O–H groups in total. The zero-order valence-electron chi connectivity index (χ0n) is 12.1. The largest absolute Gasteiger partial charge is 0.433 e. The lowest BCUT2D eigenvalue weighted by Gasteiger charge is -2.17. The molecule has 23 heavy (non-hydrogen) atoms. The maximum absolute atomic E-state index is 13.0. The summed E-state index contributed by atoms with van der Waals surface area (Å²) < 4.78 is 39.7. The van der Waals surface area contributed by atoms with E-state index in [0.29, 0.717) is 18.7 Å². The van der Waals surface area contributed by atoms with Gasteiger partial charge in [-0.2, -0.15) is 18.3 Å². The summed E-state index contributed by atoms with van der Waals surface area (Å²) in [5.74, 6) is -0.236. The van der Waals surface area contributed by atoms with Crippen LogP contribution < -0.4 is 5.73 Å². The minimum Gasteiger partial charge on any atom is -0.337 e. The number of amides is 1. The van der Waals surface area contributed by atoms with Crippen molar-refractivity contribution in [1.29, 1.82) is 0 Å². The molecule has 2 aromatic rings. The number of rotatable bonds is 2. The second kappa shape index (κ2) is 5.69. The van der Waals surface area contributed by atoms with Crippen LogP contribution >= 0.6 is 0 Å². The van der Waals surface area contributed by atoms with Gasteiger partial charge in [0.05, 0.1) is 11.9 Å². The van der Waals surface area contributed by atoms with Gasteiger partial charge in [0.2, 0.25) is 0 Å². The summed E-state index contributed by atoms with van der Waals surface area (Å²) >= 11 is 0. The van der Waals surface area contributed by atoms with Crippen LogP contribution in [0.1, 0.15) is 22.5 Å². The van der Waals surface area contributed by atoms with Crippen LogP contribution in [0.4, 0.5) is 13.2 Å². The van der Waals surface area contributed by atoms with Crippen molar-refractivity contribution < 1.29 is 18.0 Å². The van der Waals surface area contributed by atoms with Crippen LogP contribution in [0.2, 0.25) is 0 Å². The molecular weight excluding hydrogens is 309 g/mol. The highest BCUT2D eigenvalue weighted by Crippen LogP contribution is 2.30. The van der Waals surface area contributed by atoms with Crippen LogP contribution in [-0.2, 0) is 6.18 Å². The van der Waals surface area contributed by atoms with Crippen LogP contribution in [0.15, 0.2) is 36.5 Å². The lowest BCUT2D eigenvalue weighted by Crippen LogP contribution is -2.31. The Labute approximate surface area is 130 Å². The molecule has 0 saturated carbocycles. The van der Waals surface area contributed by atoms with Crippen molar-refractivity contribution in [1.82, 2.24) is 14.7 Å².